The van der Waals surface area contributed by atoms with Gasteiger partial charge < -0.3 is 15.9 Å². The SMILES string of the molecule is C[C@@H](Sc1nnc(COc2ccccc2F)n1N)C(=O)Nc1cccc(Cl)c1Cl. The standard InChI is InChI=1S/C18H16Cl2FN5O2S/c1-10(17(27)23-13-7-4-5-11(19)16(13)20)29-18-25-24-15(26(18)22)9-28-14-8-3-2-6-12(14)21/h2-8,10H,9,22H2,1H3,(H,23,27)/t10-/m1/s1. The Balaban J connectivity index is 1.62. The molecular formula is C18H16Cl2FN5O2S. The molecule has 7 nitrogen and oxygen atoms in total. The zero-order chi connectivity index (χ0) is 21.0. The first-order valence-electron chi connectivity index (χ1n) is 8.35. The number of rotatable bonds is 7. The van der Waals surface area contributed by atoms with E-state index >= 15 is 0 Å². The average Bonchev–Trinajstić information content (AvgIpc) is 3.04. The predicted octanol–water partition coefficient (Wildman–Crippen LogP) is 4.14. The molecule has 1 amide bonds. The minimum Gasteiger partial charge on any atom is -0.482 e. The van der Waals surface area contributed by atoms with Gasteiger partial charge in [-0.25, -0.2) is 9.07 Å². The Kier molecular flexibility index (Phi) is 6.83. The summed E-state index contributed by atoms with van der Waals surface area (Å²) in [4.78, 5) is 12.4. The van der Waals surface area contributed by atoms with Crippen LogP contribution < -0.4 is 15.9 Å². The molecule has 3 N–H and O–H groups in total. The molecular weight excluding hydrogens is 440 g/mol. The quantitative estimate of drug-likeness (QED) is 0.410. The molecule has 1 atom stereocenters. The first-order valence-corrected chi connectivity index (χ1v) is 9.98. The van der Waals surface area contributed by atoms with Crippen molar-refractivity contribution in [3.05, 3.63) is 64.2 Å². The van der Waals surface area contributed by atoms with Crippen molar-refractivity contribution >= 4 is 46.6 Å². The van der Waals surface area contributed by atoms with Crippen LogP contribution >= 0.6 is 35.0 Å². The number of carbonyl (C=O) groups excluding carboxylic acids is 1. The maximum absolute atomic E-state index is 13.6. The molecule has 0 unspecified atom stereocenters. The number of para-hydroxylation sites is 1. The number of anilines is 1. The highest BCUT2D eigenvalue weighted by Gasteiger charge is 2.21. The number of amides is 1. The summed E-state index contributed by atoms with van der Waals surface area (Å²) in [6, 6.07) is 10.9. The number of nitrogen functional groups attached to an aromatic ring is 1. The highest BCUT2D eigenvalue weighted by Crippen LogP contribution is 2.30. The molecule has 3 rings (SSSR count). The highest BCUT2D eigenvalue weighted by atomic mass is 35.5. The van der Waals surface area contributed by atoms with Gasteiger partial charge in [0.2, 0.25) is 11.1 Å². The molecule has 0 saturated carbocycles. The smallest absolute Gasteiger partial charge is 0.237 e. The Hall–Kier alpha value is -2.49. The van der Waals surface area contributed by atoms with Crippen molar-refractivity contribution in [3.8, 4) is 5.75 Å². The number of halogens is 3. The number of thioether (sulfide) groups is 1. The van der Waals surface area contributed by atoms with Crippen molar-refractivity contribution in [1.29, 1.82) is 0 Å². The highest BCUT2D eigenvalue weighted by molar-refractivity contribution is 8.00. The van der Waals surface area contributed by atoms with E-state index in [1.54, 1.807) is 37.3 Å². The fraction of sp³-hybridized carbons (Fsp3) is 0.167. The minimum atomic E-state index is -0.558. The molecule has 29 heavy (non-hydrogen) atoms. The number of nitrogens with two attached hydrogens (primary N) is 1. The summed E-state index contributed by atoms with van der Waals surface area (Å²) in [7, 11) is 0. The Morgan fingerprint density at radius 1 is 1.28 bits per heavy atom. The van der Waals surface area contributed by atoms with E-state index in [9.17, 15) is 9.18 Å². The Bertz CT molecular complexity index is 1030. The van der Waals surface area contributed by atoms with Gasteiger partial charge in [-0.2, -0.15) is 0 Å². The van der Waals surface area contributed by atoms with Gasteiger partial charge in [0.05, 0.1) is 21.0 Å². The summed E-state index contributed by atoms with van der Waals surface area (Å²) in [5, 5.41) is 10.9. The summed E-state index contributed by atoms with van der Waals surface area (Å²) in [6.07, 6.45) is 0. The van der Waals surface area contributed by atoms with Gasteiger partial charge in [0.15, 0.2) is 17.4 Å². The zero-order valence-electron chi connectivity index (χ0n) is 15.1. The topological polar surface area (TPSA) is 95.1 Å². The molecule has 0 aliphatic heterocycles. The van der Waals surface area contributed by atoms with Crippen LogP contribution in [0.3, 0.4) is 0 Å². The molecule has 0 radical (unpaired) electrons. The molecule has 0 bridgehead atoms. The van der Waals surface area contributed by atoms with Crippen molar-refractivity contribution in [2.75, 3.05) is 11.2 Å². The fourth-order valence-electron chi connectivity index (χ4n) is 2.24. The summed E-state index contributed by atoms with van der Waals surface area (Å²) in [5.74, 6) is 5.53. The van der Waals surface area contributed by atoms with E-state index in [2.05, 4.69) is 15.5 Å². The summed E-state index contributed by atoms with van der Waals surface area (Å²) < 4.78 is 20.2. The minimum absolute atomic E-state index is 0.0795. The molecule has 152 valence electrons. The fourth-order valence-corrected chi connectivity index (χ4v) is 3.37. The largest absolute Gasteiger partial charge is 0.482 e. The van der Waals surface area contributed by atoms with Crippen LogP contribution in [0.5, 0.6) is 5.75 Å². The van der Waals surface area contributed by atoms with Crippen LogP contribution in [0.4, 0.5) is 10.1 Å². The third-order valence-corrected chi connectivity index (χ3v) is 5.67. The first kappa shape index (κ1) is 21.2. The molecule has 2 aromatic carbocycles. The summed E-state index contributed by atoms with van der Waals surface area (Å²) in [6.45, 7) is 1.60. The molecule has 0 aliphatic rings. The molecule has 0 fully saturated rings. The molecule has 0 saturated heterocycles. The number of carbonyl (C=O) groups is 1. The van der Waals surface area contributed by atoms with Gasteiger partial charge >= 0.3 is 0 Å². The van der Waals surface area contributed by atoms with Crippen molar-refractivity contribution in [3.63, 3.8) is 0 Å². The second-order valence-electron chi connectivity index (χ2n) is 5.84. The Morgan fingerprint density at radius 3 is 2.79 bits per heavy atom. The van der Waals surface area contributed by atoms with Gasteiger partial charge in [-0.05, 0) is 31.2 Å². The third-order valence-electron chi connectivity index (χ3n) is 3.79. The van der Waals surface area contributed by atoms with E-state index in [0.717, 1.165) is 11.8 Å². The zero-order valence-corrected chi connectivity index (χ0v) is 17.4. The van der Waals surface area contributed by atoms with Gasteiger partial charge in [-0.15, -0.1) is 10.2 Å². The van der Waals surface area contributed by atoms with Crippen molar-refractivity contribution in [2.45, 2.75) is 23.9 Å². The third kappa shape index (κ3) is 5.11. The predicted molar refractivity (Wildman–Crippen MR) is 111 cm³/mol. The first-order chi connectivity index (χ1) is 13.9. The lowest BCUT2D eigenvalue weighted by Crippen LogP contribution is -2.24. The molecule has 0 aliphatic carbocycles. The van der Waals surface area contributed by atoms with Crippen LogP contribution in [0, 0.1) is 5.82 Å². The molecule has 11 heteroatoms. The van der Waals surface area contributed by atoms with E-state index in [1.165, 1.54) is 16.8 Å². The Labute approximate surface area is 180 Å². The van der Waals surface area contributed by atoms with Crippen molar-refractivity contribution in [1.82, 2.24) is 14.9 Å². The lowest BCUT2D eigenvalue weighted by molar-refractivity contribution is -0.115. The second kappa shape index (κ2) is 9.34. The number of ether oxygens (including phenoxy) is 1. The second-order valence-corrected chi connectivity index (χ2v) is 7.93. The van der Waals surface area contributed by atoms with Gasteiger partial charge in [0, 0.05) is 0 Å². The van der Waals surface area contributed by atoms with Crippen LogP contribution in [-0.4, -0.2) is 26.0 Å². The normalized spacial score (nSPS) is 11.9. The molecule has 0 spiro atoms. The Morgan fingerprint density at radius 2 is 2.03 bits per heavy atom. The monoisotopic (exact) mass is 455 g/mol. The van der Waals surface area contributed by atoms with Gasteiger partial charge in [0.25, 0.3) is 0 Å². The lowest BCUT2D eigenvalue weighted by atomic mass is 10.3. The summed E-state index contributed by atoms with van der Waals surface area (Å²) >= 11 is 13.1. The van der Waals surface area contributed by atoms with Gasteiger partial charge in [0.1, 0.15) is 6.61 Å². The maximum atomic E-state index is 13.6. The van der Waals surface area contributed by atoms with E-state index in [-0.39, 0.29) is 29.1 Å². The number of nitrogens with zero attached hydrogens (tertiary/aromatic N) is 3. The summed E-state index contributed by atoms with van der Waals surface area (Å²) in [5.41, 5.74) is 0.407. The van der Waals surface area contributed by atoms with Crippen LogP contribution in [-0.2, 0) is 11.4 Å². The number of aromatic nitrogens is 3. The van der Waals surface area contributed by atoms with Crippen LogP contribution in [0.1, 0.15) is 12.7 Å². The number of nitrogens with one attached hydrogen (secondary N) is 1. The molecule has 1 aromatic heterocycles. The lowest BCUT2D eigenvalue weighted by Gasteiger charge is -2.13. The number of benzene rings is 2. The average molecular weight is 456 g/mol. The number of hydrogen-bond acceptors (Lipinski definition) is 6. The van der Waals surface area contributed by atoms with Crippen LogP contribution in [0.2, 0.25) is 10.0 Å². The van der Waals surface area contributed by atoms with E-state index in [1.807, 2.05) is 0 Å². The van der Waals surface area contributed by atoms with Crippen LogP contribution in [0.25, 0.3) is 0 Å². The van der Waals surface area contributed by atoms with E-state index < -0.39 is 11.1 Å². The van der Waals surface area contributed by atoms with Crippen LogP contribution in [0.15, 0.2) is 47.6 Å². The van der Waals surface area contributed by atoms with Crippen molar-refractivity contribution in [2.24, 2.45) is 0 Å². The van der Waals surface area contributed by atoms with Gasteiger partial charge in [-0.1, -0.05) is 53.2 Å². The molecule has 3 aromatic rings. The van der Waals surface area contributed by atoms with Gasteiger partial charge in [-0.3, -0.25) is 4.79 Å². The maximum Gasteiger partial charge on any atom is 0.237 e. The van der Waals surface area contributed by atoms with E-state index in [4.69, 9.17) is 33.8 Å². The number of hydrogen-bond donors (Lipinski definition) is 2. The molecule has 1 heterocycles. The van der Waals surface area contributed by atoms with E-state index in [0.29, 0.717) is 15.9 Å². The van der Waals surface area contributed by atoms with Crippen molar-refractivity contribution < 1.29 is 13.9 Å².